The van der Waals surface area contributed by atoms with Crippen LogP contribution in [-0.2, 0) is 0 Å². The predicted molar refractivity (Wildman–Crippen MR) is 55.7 cm³/mol. The quantitative estimate of drug-likeness (QED) is 0.661. The lowest BCUT2D eigenvalue weighted by molar-refractivity contribution is 1.49. The van der Waals surface area contributed by atoms with E-state index in [0.717, 1.165) is 10.1 Å². The number of nitrogens with two attached hydrogens (primary N) is 1. The van der Waals surface area contributed by atoms with E-state index in [2.05, 4.69) is 0 Å². The maximum Gasteiger partial charge on any atom is 0.123 e. The number of nitriles is 2. The zero-order valence-corrected chi connectivity index (χ0v) is 7.93. The van der Waals surface area contributed by atoms with Gasteiger partial charge >= 0.3 is 0 Å². The summed E-state index contributed by atoms with van der Waals surface area (Å²) < 4.78 is 0.923. The van der Waals surface area contributed by atoms with Crippen LogP contribution in [0.4, 0.5) is 5.69 Å². The molecule has 0 radical (unpaired) electrons. The first-order chi connectivity index (χ1) is 6.76. The largest absolute Gasteiger partial charge is 0.399 e. The third-order valence-corrected chi connectivity index (χ3v) is 3.00. The number of benzene rings is 1. The van der Waals surface area contributed by atoms with Crippen LogP contribution in [0.2, 0.25) is 0 Å². The Morgan fingerprint density at radius 3 is 2.64 bits per heavy atom. The molecule has 0 aliphatic rings. The average molecular weight is 199 g/mol. The van der Waals surface area contributed by atoms with E-state index >= 15 is 0 Å². The SMILES string of the molecule is N#Cc1sc2ccc(N)cc2c1C#N. The minimum atomic E-state index is 0.430. The maximum atomic E-state index is 8.89. The Hall–Kier alpha value is -2.04. The molecular weight excluding hydrogens is 194 g/mol. The molecule has 0 aliphatic heterocycles. The monoisotopic (exact) mass is 199 g/mol. The van der Waals surface area contributed by atoms with Gasteiger partial charge < -0.3 is 5.73 Å². The molecule has 4 heteroatoms. The lowest BCUT2D eigenvalue weighted by Crippen LogP contribution is -1.82. The molecule has 1 heterocycles. The van der Waals surface area contributed by atoms with Gasteiger partial charge in [-0.25, -0.2) is 0 Å². The van der Waals surface area contributed by atoms with Crippen molar-refractivity contribution in [3.8, 4) is 12.1 Å². The standard InChI is InChI=1S/C10H5N3S/c11-4-8-7-3-6(13)1-2-9(7)14-10(8)5-12/h1-3H,13H2. The molecular formula is C10H5N3S. The molecule has 0 atom stereocenters. The van der Waals surface area contributed by atoms with E-state index < -0.39 is 0 Å². The summed E-state index contributed by atoms with van der Waals surface area (Å²) in [6, 6.07) is 9.36. The van der Waals surface area contributed by atoms with Crippen LogP contribution < -0.4 is 5.73 Å². The molecule has 0 saturated heterocycles. The number of anilines is 1. The van der Waals surface area contributed by atoms with Crippen molar-refractivity contribution in [3.05, 3.63) is 28.6 Å². The number of hydrogen-bond acceptors (Lipinski definition) is 4. The Kier molecular flexibility index (Phi) is 1.85. The van der Waals surface area contributed by atoms with Crippen LogP contribution in [-0.4, -0.2) is 0 Å². The highest BCUT2D eigenvalue weighted by Crippen LogP contribution is 2.31. The van der Waals surface area contributed by atoms with E-state index in [-0.39, 0.29) is 0 Å². The summed E-state index contributed by atoms with van der Waals surface area (Å²) in [6.45, 7) is 0. The molecule has 0 spiro atoms. The predicted octanol–water partition coefficient (Wildman–Crippen LogP) is 2.23. The average Bonchev–Trinajstić information content (AvgIpc) is 2.54. The number of nitrogens with zero attached hydrogens (tertiary/aromatic N) is 2. The number of hydrogen-bond donors (Lipinski definition) is 1. The Labute approximate surface area is 84.6 Å². The molecule has 14 heavy (non-hydrogen) atoms. The summed E-state index contributed by atoms with van der Waals surface area (Å²) in [5.74, 6) is 0. The van der Waals surface area contributed by atoms with Crippen molar-refractivity contribution >= 4 is 27.1 Å². The fraction of sp³-hybridized carbons (Fsp3) is 0. The lowest BCUT2D eigenvalue weighted by atomic mass is 10.1. The van der Waals surface area contributed by atoms with Crippen LogP contribution in [0.15, 0.2) is 18.2 Å². The lowest BCUT2D eigenvalue weighted by Gasteiger charge is -1.92. The third kappa shape index (κ3) is 1.10. The van der Waals surface area contributed by atoms with E-state index in [4.69, 9.17) is 16.3 Å². The number of fused-ring (bicyclic) bond motifs is 1. The van der Waals surface area contributed by atoms with Gasteiger partial charge in [0.15, 0.2) is 0 Å². The van der Waals surface area contributed by atoms with Crippen molar-refractivity contribution < 1.29 is 0 Å². The summed E-state index contributed by atoms with van der Waals surface area (Å²) in [7, 11) is 0. The fourth-order valence-electron chi connectivity index (χ4n) is 1.30. The highest BCUT2D eigenvalue weighted by atomic mass is 32.1. The van der Waals surface area contributed by atoms with Crippen LogP contribution in [0.1, 0.15) is 10.4 Å². The second kappa shape index (κ2) is 3.02. The number of nitrogen functional groups attached to an aromatic ring is 1. The Morgan fingerprint density at radius 2 is 2.00 bits per heavy atom. The van der Waals surface area contributed by atoms with Crippen LogP contribution in [0, 0.1) is 22.7 Å². The molecule has 66 valence electrons. The van der Waals surface area contributed by atoms with Crippen molar-refractivity contribution in [2.24, 2.45) is 0 Å². The molecule has 2 N–H and O–H groups in total. The molecule has 0 saturated carbocycles. The summed E-state index contributed by atoms with van der Waals surface area (Å²) in [5, 5.41) is 18.5. The normalized spacial score (nSPS) is 9.57. The molecule has 0 unspecified atom stereocenters. The van der Waals surface area contributed by atoms with Crippen LogP contribution in [0.3, 0.4) is 0 Å². The van der Waals surface area contributed by atoms with E-state index in [0.29, 0.717) is 16.1 Å². The van der Waals surface area contributed by atoms with E-state index in [1.54, 1.807) is 12.1 Å². The van der Waals surface area contributed by atoms with Crippen molar-refractivity contribution in [1.82, 2.24) is 0 Å². The summed E-state index contributed by atoms with van der Waals surface area (Å²) in [6.07, 6.45) is 0. The second-order valence-corrected chi connectivity index (χ2v) is 3.84. The maximum absolute atomic E-state index is 8.89. The molecule has 2 aromatic rings. The third-order valence-electron chi connectivity index (χ3n) is 1.93. The van der Waals surface area contributed by atoms with Crippen molar-refractivity contribution in [2.45, 2.75) is 0 Å². The van der Waals surface area contributed by atoms with Gasteiger partial charge in [0.05, 0.1) is 5.56 Å². The minimum absolute atomic E-state index is 0.430. The molecule has 3 nitrogen and oxygen atoms in total. The molecule has 0 bridgehead atoms. The van der Waals surface area contributed by atoms with Gasteiger partial charge in [-0.15, -0.1) is 11.3 Å². The number of thiophene rings is 1. The van der Waals surface area contributed by atoms with E-state index in [1.807, 2.05) is 18.2 Å². The van der Waals surface area contributed by atoms with Crippen molar-refractivity contribution in [3.63, 3.8) is 0 Å². The Bertz CT molecular complexity index is 584. The van der Waals surface area contributed by atoms with Crippen LogP contribution in [0.5, 0.6) is 0 Å². The van der Waals surface area contributed by atoms with Gasteiger partial charge in [0.25, 0.3) is 0 Å². The minimum Gasteiger partial charge on any atom is -0.399 e. The first-order valence-electron chi connectivity index (χ1n) is 3.88. The first kappa shape index (κ1) is 8.55. The topological polar surface area (TPSA) is 73.6 Å². The molecule has 0 fully saturated rings. The Balaban J connectivity index is 2.92. The summed E-state index contributed by atoms with van der Waals surface area (Å²) in [4.78, 5) is 0.452. The zero-order chi connectivity index (χ0) is 10.1. The van der Waals surface area contributed by atoms with Gasteiger partial charge in [-0.3, -0.25) is 0 Å². The van der Waals surface area contributed by atoms with Gasteiger partial charge in [-0.2, -0.15) is 10.5 Å². The summed E-state index contributed by atoms with van der Waals surface area (Å²) >= 11 is 1.32. The van der Waals surface area contributed by atoms with Crippen LogP contribution in [0.25, 0.3) is 10.1 Å². The summed E-state index contributed by atoms with van der Waals surface area (Å²) in [5.41, 5.74) is 6.65. The molecule has 2 rings (SSSR count). The van der Waals surface area contributed by atoms with Crippen LogP contribution >= 0.6 is 11.3 Å². The van der Waals surface area contributed by atoms with Gasteiger partial charge in [-0.1, -0.05) is 0 Å². The molecule has 1 aromatic heterocycles. The highest BCUT2D eigenvalue weighted by Gasteiger charge is 2.10. The Morgan fingerprint density at radius 1 is 1.21 bits per heavy atom. The molecule has 0 aliphatic carbocycles. The second-order valence-electron chi connectivity index (χ2n) is 2.79. The van der Waals surface area contributed by atoms with Gasteiger partial charge in [-0.05, 0) is 18.2 Å². The van der Waals surface area contributed by atoms with Crippen molar-refractivity contribution in [1.29, 1.82) is 10.5 Å². The van der Waals surface area contributed by atoms with Gasteiger partial charge in [0.2, 0.25) is 0 Å². The van der Waals surface area contributed by atoms with Gasteiger partial charge in [0.1, 0.15) is 17.0 Å². The first-order valence-corrected chi connectivity index (χ1v) is 4.70. The highest BCUT2D eigenvalue weighted by molar-refractivity contribution is 7.19. The fourth-order valence-corrected chi connectivity index (χ4v) is 2.24. The molecule has 0 amide bonds. The molecule has 1 aromatic carbocycles. The number of rotatable bonds is 0. The van der Waals surface area contributed by atoms with E-state index in [9.17, 15) is 0 Å². The van der Waals surface area contributed by atoms with Crippen molar-refractivity contribution in [2.75, 3.05) is 5.73 Å². The van der Waals surface area contributed by atoms with E-state index in [1.165, 1.54) is 11.3 Å². The van der Waals surface area contributed by atoms with Gasteiger partial charge in [0, 0.05) is 15.8 Å². The zero-order valence-electron chi connectivity index (χ0n) is 7.11. The smallest absolute Gasteiger partial charge is 0.123 e.